The molecular formula is C12H16BrNS. The fourth-order valence-corrected chi connectivity index (χ4v) is 5.18. The third kappa shape index (κ3) is 1.60. The molecule has 0 radical (unpaired) electrons. The zero-order chi connectivity index (χ0) is 10.4. The molecular weight excluding hydrogens is 270 g/mol. The lowest BCUT2D eigenvalue weighted by Crippen LogP contribution is -2.19. The Kier molecular flexibility index (Phi) is 2.65. The predicted molar refractivity (Wildman–Crippen MR) is 68.1 cm³/mol. The maximum atomic E-state index is 3.65. The molecule has 2 saturated carbocycles. The van der Waals surface area contributed by atoms with Gasteiger partial charge in [0.25, 0.3) is 0 Å². The third-order valence-corrected chi connectivity index (χ3v) is 6.05. The minimum absolute atomic E-state index is 0.592. The van der Waals surface area contributed by atoms with E-state index in [0.717, 1.165) is 17.8 Å². The van der Waals surface area contributed by atoms with Crippen molar-refractivity contribution in [1.29, 1.82) is 0 Å². The first-order valence-electron chi connectivity index (χ1n) is 5.73. The molecule has 3 rings (SSSR count). The second-order valence-corrected chi connectivity index (χ2v) is 6.54. The molecule has 1 N–H and O–H groups in total. The average Bonchev–Trinajstić information content (AvgIpc) is 2.66. The summed E-state index contributed by atoms with van der Waals surface area (Å²) < 4.78 is 1.29. The van der Waals surface area contributed by atoms with Crippen molar-refractivity contribution in [2.75, 3.05) is 7.05 Å². The zero-order valence-corrected chi connectivity index (χ0v) is 11.3. The van der Waals surface area contributed by atoms with Gasteiger partial charge in [0.05, 0.1) is 0 Å². The second-order valence-electron chi connectivity index (χ2n) is 4.74. The van der Waals surface area contributed by atoms with Gasteiger partial charge in [-0.15, -0.1) is 11.3 Å². The molecule has 3 unspecified atom stereocenters. The lowest BCUT2D eigenvalue weighted by Gasteiger charge is -2.17. The van der Waals surface area contributed by atoms with Crippen LogP contribution in [0.3, 0.4) is 0 Å². The van der Waals surface area contributed by atoms with E-state index in [1.54, 1.807) is 0 Å². The van der Waals surface area contributed by atoms with E-state index in [2.05, 4.69) is 39.7 Å². The normalized spacial score (nSPS) is 35.2. The second kappa shape index (κ2) is 3.86. The highest BCUT2D eigenvalue weighted by molar-refractivity contribution is 9.10. The summed E-state index contributed by atoms with van der Waals surface area (Å²) in [5, 5.41) is 5.70. The first kappa shape index (κ1) is 10.3. The molecule has 0 amide bonds. The van der Waals surface area contributed by atoms with E-state index < -0.39 is 0 Å². The van der Waals surface area contributed by atoms with Crippen LogP contribution in [0.4, 0.5) is 0 Å². The predicted octanol–water partition coefficient (Wildman–Crippen LogP) is 3.82. The van der Waals surface area contributed by atoms with Crippen molar-refractivity contribution >= 4 is 27.3 Å². The smallest absolute Gasteiger partial charge is 0.0457 e. The van der Waals surface area contributed by atoms with Crippen LogP contribution in [0, 0.1) is 17.8 Å². The number of hydrogen-bond acceptors (Lipinski definition) is 2. The van der Waals surface area contributed by atoms with Crippen LogP contribution < -0.4 is 5.32 Å². The maximum Gasteiger partial charge on any atom is 0.0457 e. The lowest BCUT2D eigenvalue weighted by molar-refractivity contribution is 0.449. The van der Waals surface area contributed by atoms with Gasteiger partial charge in [0, 0.05) is 15.4 Å². The Morgan fingerprint density at radius 3 is 2.73 bits per heavy atom. The lowest BCUT2D eigenvalue weighted by atomic mass is 10.0. The SMILES string of the molecule is CNC(c1sccc1Br)C1C2CCCC21. The highest BCUT2D eigenvalue weighted by Gasteiger charge is 2.56. The number of halogens is 1. The van der Waals surface area contributed by atoms with Crippen molar-refractivity contribution in [2.45, 2.75) is 25.3 Å². The molecule has 3 atom stereocenters. The fraction of sp³-hybridized carbons (Fsp3) is 0.667. The Morgan fingerprint density at radius 2 is 2.20 bits per heavy atom. The number of hydrogen-bond donors (Lipinski definition) is 1. The summed E-state index contributed by atoms with van der Waals surface area (Å²) in [6, 6.07) is 2.76. The van der Waals surface area contributed by atoms with E-state index in [1.165, 1.54) is 28.6 Å². The quantitative estimate of drug-likeness (QED) is 0.890. The highest BCUT2D eigenvalue weighted by atomic mass is 79.9. The molecule has 0 aromatic carbocycles. The standard InChI is InChI=1S/C12H16BrNS/c1-14-11(12-9(13)5-6-15-12)10-7-3-2-4-8(7)10/h5-8,10-11,14H,2-4H2,1H3. The van der Waals surface area contributed by atoms with Crippen molar-refractivity contribution in [2.24, 2.45) is 17.8 Å². The van der Waals surface area contributed by atoms with Gasteiger partial charge in [0.15, 0.2) is 0 Å². The van der Waals surface area contributed by atoms with E-state index in [9.17, 15) is 0 Å². The molecule has 1 aromatic rings. The molecule has 3 heteroatoms. The number of rotatable bonds is 3. The van der Waals surface area contributed by atoms with Crippen molar-refractivity contribution in [1.82, 2.24) is 5.32 Å². The summed E-state index contributed by atoms with van der Waals surface area (Å²) in [6.07, 6.45) is 4.40. The molecule has 1 aromatic heterocycles. The van der Waals surface area contributed by atoms with E-state index in [1.807, 2.05) is 11.3 Å². The van der Waals surface area contributed by atoms with Crippen LogP contribution in [0.2, 0.25) is 0 Å². The molecule has 15 heavy (non-hydrogen) atoms. The van der Waals surface area contributed by atoms with Crippen LogP contribution in [-0.4, -0.2) is 7.05 Å². The summed E-state index contributed by atoms with van der Waals surface area (Å²) in [4.78, 5) is 1.50. The third-order valence-electron chi connectivity index (χ3n) is 4.10. The zero-order valence-electron chi connectivity index (χ0n) is 8.87. The molecule has 2 aliphatic carbocycles. The van der Waals surface area contributed by atoms with Crippen molar-refractivity contribution in [3.8, 4) is 0 Å². The monoisotopic (exact) mass is 285 g/mol. The Morgan fingerprint density at radius 1 is 1.47 bits per heavy atom. The van der Waals surface area contributed by atoms with Crippen LogP contribution in [0.5, 0.6) is 0 Å². The van der Waals surface area contributed by atoms with Gasteiger partial charge in [-0.05, 0) is 65.0 Å². The van der Waals surface area contributed by atoms with Gasteiger partial charge >= 0.3 is 0 Å². The van der Waals surface area contributed by atoms with Crippen LogP contribution in [0.1, 0.15) is 30.2 Å². The highest BCUT2D eigenvalue weighted by Crippen LogP contribution is 2.62. The van der Waals surface area contributed by atoms with Gasteiger partial charge in [-0.1, -0.05) is 6.42 Å². The minimum atomic E-state index is 0.592. The fourth-order valence-electron chi connectivity index (χ4n) is 3.40. The molecule has 0 aliphatic heterocycles. The van der Waals surface area contributed by atoms with Crippen molar-refractivity contribution < 1.29 is 0 Å². The van der Waals surface area contributed by atoms with Gasteiger partial charge in [0.2, 0.25) is 0 Å². The van der Waals surface area contributed by atoms with Crippen LogP contribution >= 0.6 is 27.3 Å². The van der Waals surface area contributed by atoms with E-state index in [4.69, 9.17) is 0 Å². The van der Waals surface area contributed by atoms with Crippen LogP contribution in [0.15, 0.2) is 15.9 Å². The van der Waals surface area contributed by atoms with Crippen LogP contribution in [-0.2, 0) is 0 Å². The Labute approximate surface area is 103 Å². The van der Waals surface area contributed by atoms with E-state index >= 15 is 0 Å². The van der Waals surface area contributed by atoms with Crippen LogP contribution in [0.25, 0.3) is 0 Å². The molecule has 1 nitrogen and oxygen atoms in total. The van der Waals surface area contributed by atoms with Gasteiger partial charge in [0.1, 0.15) is 0 Å². The van der Waals surface area contributed by atoms with E-state index in [0.29, 0.717) is 6.04 Å². The summed E-state index contributed by atoms with van der Waals surface area (Å²) in [5.74, 6) is 2.96. The molecule has 2 fully saturated rings. The minimum Gasteiger partial charge on any atom is -0.312 e. The molecule has 1 heterocycles. The number of fused-ring (bicyclic) bond motifs is 1. The largest absolute Gasteiger partial charge is 0.312 e. The summed E-state index contributed by atoms with van der Waals surface area (Å²) >= 11 is 5.53. The molecule has 0 bridgehead atoms. The Hall–Kier alpha value is 0.140. The first-order chi connectivity index (χ1) is 7.33. The first-order valence-corrected chi connectivity index (χ1v) is 7.40. The molecule has 0 saturated heterocycles. The van der Waals surface area contributed by atoms with E-state index in [-0.39, 0.29) is 0 Å². The van der Waals surface area contributed by atoms with Crippen molar-refractivity contribution in [3.05, 3.63) is 20.8 Å². The average molecular weight is 286 g/mol. The maximum absolute atomic E-state index is 3.65. The summed E-state index contributed by atoms with van der Waals surface area (Å²) in [7, 11) is 2.10. The summed E-state index contributed by atoms with van der Waals surface area (Å²) in [6.45, 7) is 0. The molecule has 0 spiro atoms. The van der Waals surface area contributed by atoms with Crippen molar-refractivity contribution in [3.63, 3.8) is 0 Å². The topological polar surface area (TPSA) is 12.0 Å². The summed E-state index contributed by atoms with van der Waals surface area (Å²) in [5.41, 5.74) is 0. The van der Waals surface area contributed by atoms with Gasteiger partial charge in [-0.2, -0.15) is 0 Å². The molecule has 82 valence electrons. The number of thiophene rings is 1. The Bertz CT molecular complexity index is 352. The molecule has 2 aliphatic rings. The van der Waals surface area contributed by atoms with Gasteiger partial charge < -0.3 is 5.32 Å². The van der Waals surface area contributed by atoms with Gasteiger partial charge in [-0.25, -0.2) is 0 Å². The van der Waals surface area contributed by atoms with Gasteiger partial charge in [-0.3, -0.25) is 0 Å². The number of nitrogens with one attached hydrogen (secondary N) is 1. The Balaban J connectivity index is 1.81.